The summed E-state index contributed by atoms with van der Waals surface area (Å²) in [6.45, 7) is 13.7. The summed E-state index contributed by atoms with van der Waals surface area (Å²) >= 11 is 3.67. The molecule has 0 aromatic rings. The summed E-state index contributed by atoms with van der Waals surface area (Å²) < 4.78 is 11.8. The molecule has 0 radical (unpaired) electrons. The first-order valence-corrected chi connectivity index (χ1v) is 9.19. The molecule has 2 nitrogen and oxygen atoms in total. The minimum atomic E-state index is 0.0446. The topological polar surface area (TPSA) is 18.5 Å². The van der Waals surface area contributed by atoms with Gasteiger partial charge in [0.25, 0.3) is 0 Å². The first-order chi connectivity index (χ1) is 9.29. The van der Waals surface area contributed by atoms with Crippen molar-refractivity contribution < 1.29 is 9.47 Å². The van der Waals surface area contributed by atoms with Crippen LogP contribution in [0.5, 0.6) is 0 Å². The van der Waals surface area contributed by atoms with Gasteiger partial charge in [-0.1, -0.05) is 50.5 Å². The second-order valence-electron chi connectivity index (χ2n) is 7.77. The van der Waals surface area contributed by atoms with Crippen molar-refractivity contribution in [2.24, 2.45) is 17.3 Å². The van der Waals surface area contributed by atoms with Crippen LogP contribution in [0.25, 0.3) is 0 Å². The fourth-order valence-corrected chi connectivity index (χ4v) is 3.69. The third-order valence-electron chi connectivity index (χ3n) is 4.45. The maximum atomic E-state index is 6.19. The molecule has 1 fully saturated rings. The van der Waals surface area contributed by atoms with E-state index in [1.807, 2.05) is 0 Å². The number of ether oxygens (including phenoxy) is 2. The molecule has 0 aromatic carbocycles. The van der Waals surface area contributed by atoms with Crippen LogP contribution in [0.4, 0.5) is 0 Å². The Bertz CT molecular complexity index is 263. The van der Waals surface area contributed by atoms with Crippen molar-refractivity contribution in [1.82, 2.24) is 0 Å². The summed E-state index contributed by atoms with van der Waals surface area (Å²) in [4.78, 5) is 0. The summed E-state index contributed by atoms with van der Waals surface area (Å²) in [5.74, 6) is 1.43. The molecule has 1 saturated carbocycles. The predicted molar refractivity (Wildman–Crippen MR) is 89.5 cm³/mol. The van der Waals surface area contributed by atoms with Crippen LogP contribution < -0.4 is 0 Å². The van der Waals surface area contributed by atoms with Gasteiger partial charge in [0.2, 0.25) is 0 Å². The van der Waals surface area contributed by atoms with E-state index >= 15 is 0 Å². The van der Waals surface area contributed by atoms with Gasteiger partial charge in [-0.3, -0.25) is 0 Å². The van der Waals surface area contributed by atoms with Crippen molar-refractivity contribution in [2.45, 2.75) is 65.9 Å². The summed E-state index contributed by atoms with van der Waals surface area (Å²) in [5.41, 5.74) is 0.474. The van der Waals surface area contributed by atoms with Gasteiger partial charge in [0.05, 0.1) is 18.8 Å². The van der Waals surface area contributed by atoms with E-state index < -0.39 is 0 Å². The van der Waals surface area contributed by atoms with Crippen LogP contribution in [0.15, 0.2) is 0 Å². The molecule has 0 bridgehead atoms. The van der Waals surface area contributed by atoms with Gasteiger partial charge < -0.3 is 9.47 Å². The Kier molecular flexibility index (Phi) is 7.51. The zero-order valence-electron chi connectivity index (χ0n) is 14.0. The van der Waals surface area contributed by atoms with Crippen molar-refractivity contribution in [1.29, 1.82) is 0 Å². The van der Waals surface area contributed by atoms with Crippen molar-refractivity contribution >= 4 is 15.9 Å². The van der Waals surface area contributed by atoms with Gasteiger partial charge in [-0.25, -0.2) is 0 Å². The molecule has 1 rings (SSSR count). The number of rotatable bonds is 7. The summed E-state index contributed by atoms with van der Waals surface area (Å²) in [7, 11) is 0. The number of halogens is 1. The lowest BCUT2D eigenvalue weighted by Gasteiger charge is -2.43. The van der Waals surface area contributed by atoms with Crippen molar-refractivity contribution in [3.8, 4) is 0 Å². The molecule has 0 aromatic heterocycles. The molecule has 0 amide bonds. The third kappa shape index (κ3) is 6.03. The first-order valence-electron chi connectivity index (χ1n) is 8.07. The van der Waals surface area contributed by atoms with Crippen LogP contribution in [0.1, 0.15) is 60.3 Å². The van der Waals surface area contributed by atoms with E-state index in [1.54, 1.807) is 0 Å². The SMILES string of the molecule is CC(C)COCCOC1(CBr)CCC(C(C)(C)C)CC1. The van der Waals surface area contributed by atoms with Gasteiger partial charge in [0.15, 0.2) is 0 Å². The average molecular weight is 349 g/mol. The van der Waals surface area contributed by atoms with Crippen LogP contribution >= 0.6 is 15.9 Å². The third-order valence-corrected chi connectivity index (χ3v) is 5.47. The second-order valence-corrected chi connectivity index (χ2v) is 8.33. The quantitative estimate of drug-likeness (QED) is 0.473. The number of alkyl halides is 1. The van der Waals surface area contributed by atoms with E-state index in [4.69, 9.17) is 9.47 Å². The summed E-state index contributed by atoms with van der Waals surface area (Å²) in [6.07, 6.45) is 4.90. The lowest BCUT2D eigenvalue weighted by atomic mass is 9.69. The second kappa shape index (κ2) is 8.14. The molecule has 1 aliphatic carbocycles. The van der Waals surface area contributed by atoms with E-state index in [-0.39, 0.29) is 5.60 Å². The molecule has 20 heavy (non-hydrogen) atoms. The Labute approximate surface area is 134 Å². The maximum Gasteiger partial charge on any atom is 0.0780 e. The van der Waals surface area contributed by atoms with E-state index in [2.05, 4.69) is 50.5 Å². The van der Waals surface area contributed by atoms with Crippen LogP contribution in [-0.2, 0) is 9.47 Å². The lowest BCUT2D eigenvalue weighted by Crippen LogP contribution is -2.42. The standard InChI is InChI=1S/C17H33BrO2/c1-14(2)12-19-10-11-20-17(13-18)8-6-15(7-9-17)16(3,4)5/h14-15H,6-13H2,1-5H3. The highest BCUT2D eigenvalue weighted by Crippen LogP contribution is 2.43. The molecular formula is C17H33BrO2. The van der Waals surface area contributed by atoms with Crippen molar-refractivity contribution in [2.75, 3.05) is 25.2 Å². The van der Waals surface area contributed by atoms with Gasteiger partial charge in [-0.15, -0.1) is 0 Å². The highest BCUT2D eigenvalue weighted by molar-refractivity contribution is 9.09. The van der Waals surface area contributed by atoms with Gasteiger partial charge in [-0.2, -0.15) is 0 Å². The molecule has 120 valence electrons. The van der Waals surface area contributed by atoms with Gasteiger partial charge in [0, 0.05) is 11.9 Å². The predicted octanol–water partition coefficient (Wildman–Crippen LogP) is 5.05. The van der Waals surface area contributed by atoms with Gasteiger partial charge in [-0.05, 0) is 42.9 Å². The zero-order valence-corrected chi connectivity index (χ0v) is 15.6. The Balaban J connectivity index is 2.31. The highest BCUT2D eigenvalue weighted by Gasteiger charge is 2.38. The van der Waals surface area contributed by atoms with Crippen LogP contribution in [0.3, 0.4) is 0 Å². The molecule has 0 saturated heterocycles. The molecule has 0 atom stereocenters. The number of hydrogen-bond donors (Lipinski definition) is 0. The summed E-state index contributed by atoms with van der Waals surface area (Å²) in [6, 6.07) is 0. The Morgan fingerprint density at radius 3 is 2.20 bits per heavy atom. The molecule has 0 spiro atoms. The highest BCUT2D eigenvalue weighted by atomic mass is 79.9. The van der Waals surface area contributed by atoms with Crippen molar-refractivity contribution in [3.63, 3.8) is 0 Å². The van der Waals surface area contributed by atoms with Crippen LogP contribution in [-0.4, -0.2) is 30.8 Å². The van der Waals surface area contributed by atoms with Gasteiger partial charge in [0.1, 0.15) is 0 Å². The normalized spacial score (nSPS) is 28.1. The zero-order chi connectivity index (χ0) is 15.2. The Morgan fingerprint density at radius 2 is 1.75 bits per heavy atom. The largest absolute Gasteiger partial charge is 0.379 e. The number of hydrogen-bond acceptors (Lipinski definition) is 2. The monoisotopic (exact) mass is 348 g/mol. The first kappa shape index (κ1) is 18.4. The van der Waals surface area contributed by atoms with Gasteiger partial charge >= 0.3 is 0 Å². The minimum absolute atomic E-state index is 0.0446. The molecule has 1 aliphatic rings. The van der Waals surface area contributed by atoms with Crippen LogP contribution in [0, 0.1) is 17.3 Å². The Morgan fingerprint density at radius 1 is 1.15 bits per heavy atom. The molecule has 0 heterocycles. The molecule has 3 heteroatoms. The lowest BCUT2D eigenvalue weighted by molar-refractivity contribution is -0.0869. The Hall–Kier alpha value is 0.400. The molecule has 0 aliphatic heterocycles. The van der Waals surface area contributed by atoms with E-state index in [0.717, 1.165) is 31.1 Å². The fourth-order valence-electron chi connectivity index (χ4n) is 2.96. The maximum absolute atomic E-state index is 6.19. The molecule has 0 unspecified atom stereocenters. The van der Waals surface area contributed by atoms with Crippen molar-refractivity contribution in [3.05, 3.63) is 0 Å². The van der Waals surface area contributed by atoms with E-state index in [9.17, 15) is 0 Å². The van der Waals surface area contributed by atoms with E-state index in [1.165, 1.54) is 25.7 Å². The smallest absolute Gasteiger partial charge is 0.0780 e. The molecular weight excluding hydrogens is 316 g/mol. The summed E-state index contributed by atoms with van der Waals surface area (Å²) in [5, 5.41) is 0.945. The minimum Gasteiger partial charge on any atom is -0.379 e. The average Bonchev–Trinajstić information content (AvgIpc) is 2.37. The van der Waals surface area contributed by atoms with Crippen LogP contribution in [0.2, 0.25) is 0 Å². The molecule has 0 N–H and O–H groups in total. The fraction of sp³-hybridized carbons (Fsp3) is 1.00. The van der Waals surface area contributed by atoms with E-state index in [0.29, 0.717) is 11.3 Å².